The second kappa shape index (κ2) is 6.04. The zero-order chi connectivity index (χ0) is 13.8. The Morgan fingerprint density at radius 2 is 2.05 bits per heavy atom. The molecule has 19 heavy (non-hydrogen) atoms. The molecular formula is C12H12Cl2N4O. The molecule has 1 N–H and O–H groups in total. The van der Waals surface area contributed by atoms with Crippen LogP contribution in [-0.2, 0) is 4.79 Å². The largest absolute Gasteiger partial charge is 0.326 e. The van der Waals surface area contributed by atoms with Gasteiger partial charge in [0.1, 0.15) is 12.7 Å². The van der Waals surface area contributed by atoms with E-state index in [9.17, 15) is 4.79 Å². The molecule has 0 bridgehead atoms. The quantitative estimate of drug-likeness (QED) is 0.943. The van der Waals surface area contributed by atoms with Gasteiger partial charge in [-0.05, 0) is 25.1 Å². The average molecular weight is 299 g/mol. The van der Waals surface area contributed by atoms with Crippen molar-refractivity contribution >= 4 is 34.8 Å². The highest BCUT2D eigenvalue weighted by Gasteiger charge is 2.12. The number of amides is 1. The molecule has 7 heteroatoms. The van der Waals surface area contributed by atoms with Gasteiger partial charge in [-0.3, -0.25) is 4.79 Å². The molecule has 1 atom stereocenters. The molecule has 0 fully saturated rings. The van der Waals surface area contributed by atoms with Crippen LogP contribution in [0.2, 0.25) is 10.0 Å². The molecule has 0 unspecified atom stereocenters. The lowest BCUT2D eigenvalue weighted by molar-refractivity contribution is -0.116. The van der Waals surface area contributed by atoms with Crippen LogP contribution in [0.4, 0.5) is 5.69 Å². The molecule has 5 nitrogen and oxygen atoms in total. The van der Waals surface area contributed by atoms with E-state index in [0.717, 1.165) is 0 Å². The van der Waals surface area contributed by atoms with Crippen LogP contribution in [0.3, 0.4) is 0 Å². The molecule has 0 aliphatic carbocycles. The third-order valence-corrected chi connectivity index (χ3v) is 2.95. The molecular weight excluding hydrogens is 287 g/mol. The molecule has 100 valence electrons. The van der Waals surface area contributed by atoms with Crippen molar-refractivity contribution in [3.63, 3.8) is 0 Å². The molecule has 2 rings (SSSR count). The van der Waals surface area contributed by atoms with Crippen LogP contribution in [0.25, 0.3) is 0 Å². The summed E-state index contributed by atoms with van der Waals surface area (Å²) in [4.78, 5) is 15.7. The van der Waals surface area contributed by atoms with E-state index < -0.39 is 0 Å². The first-order valence-corrected chi connectivity index (χ1v) is 6.40. The van der Waals surface area contributed by atoms with E-state index >= 15 is 0 Å². The van der Waals surface area contributed by atoms with Crippen LogP contribution < -0.4 is 5.32 Å². The maximum Gasteiger partial charge on any atom is 0.226 e. The predicted octanol–water partition coefficient (Wildman–Crippen LogP) is 3.17. The molecule has 1 heterocycles. The highest BCUT2D eigenvalue weighted by molar-refractivity contribution is 6.35. The van der Waals surface area contributed by atoms with Crippen molar-refractivity contribution < 1.29 is 4.79 Å². The number of aromatic nitrogens is 3. The Bertz CT molecular complexity index is 551. The van der Waals surface area contributed by atoms with Gasteiger partial charge in [-0.1, -0.05) is 23.2 Å². The van der Waals surface area contributed by atoms with Crippen molar-refractivity contribution in [3.05, 3.63) is 40.9 Å². The van der Waals surface area contributed by atoms with Crippen LogP contribution in [0, 0.1) is 0 Å². The van der Waals surface area contributed by atoms with E-state index in [1.165, 1.54) is 6.33 Å². The van der Waals surface area contributed by atoms with E-state index in [4.69, 9.17) is 23.2 Å². The summed E-state index contributed by atoms with van der Waals surface area (Å²) >= 11 is 11.7. The van der Waals surface area contributed by atoms with Gasteiger partial charge in [-0.25, -0.2) is 9.67 Å². The van der Waals surface area contributed by atoms with E-state index in [2.05, 4.69) is 15.4 Å². The Balaban J connectivity index is 1.97. The number of hydrogen-bond donors (Lipinski definition) is 1. The average Bonchev–Trinajstić information content (AvgIpc) is 2.80. The van der Waals surface area contributed by atoms with Gasteiger partial charge in [0.15, 0.2) is 0 Å². The second-order valence-corrected chi connectivity index (χ2v) is 5.01. The summed E-state index contributed by atoms with van der Waals surface area (Å²) in [6, 6.07) is 4.82. The summed E-state index contributed by atoms with van der Waals surface area (Å²) in [7, 11) is 0. The highest BCUT2D eigenvalue weighted by atomic mass is 35.5. The number of carbonyl (C=O) groups excluding carboxylic acids is 1. The van der Waals surface area contributed by atoms with Crippen LogP contribution in [0.1, 0.15) is 19.4 Å². The Hall–Kier alpha value is -1.59. The Kier molecular flexibility index (Phi) is 4.39. The van der Waals surface area contributed by atoms with Gasteiger partial charge in [-0.2, -0.15) is 5.10 Å². The first kappa shape index (κ1) is 13.8. The molecule has 2 aromatic rings. The van der Waals surface area contributed by atoms with Crippen molar-refractivity contribution in [1.82, 2.24) is 14.8 Å². The Morgan fingerprint density at radius 3 is 2.63 bits per heavy atom. The fraction of sp³-hybridized carbons (Fsp3) is 0.250. The number of anilines is 1. The van der Waals surface area contributed by atoms with E-state index in [1.54, 1.807) is 29.2 Å². The molecule has 0 spiro atoms. The minimum Gasteiger partial charge on any atom is -0.326 e. The number of hydrogen-bond acceptors (Lipinski definition) is 3. The van der Waals surface area contributed by atoms with Crippen molar-refractivity contribution in [2.24, 2.45) is 0 Å². The van der Waals surface area contributed by atoms with Crippen LogP contribution in [0.5, 0.6) is 0 Å². The second-order valence-electron chi connectivity index (χ2n) is 4.13. The van der Waals surface area contributed by atoms with Crippen LogP contribution >= 0.6 is 23.2 Å². The first-order valence-electron chi connectivity index (χ1n) is 5.64. The molecule has 0 aliphatic rings. The van der Waals surface area contributed by atoms with Crippen molar-refractivity contribution in [3.8, 4) is 0 Å². The van der Waals surface area contributed by atoms with Crippen molar-refractivity contribution in [1.29, 1.82) is 0 Å². The van der Waals surface area contributed by atoms with Crippen molar-refractivity contribution in [2.45, 2.75) is 19.4 Å². The Morgan fingerprint density at radius 1 is 1.37 bits per heavy atom. The van der Waals surface area contributed by atoms with Gasteiger partial charge in [0.25, 0.3) is 0 Å². The molecule has 1 aromatic heterocycles. The zero-order valence-electron chi connectivity index (χ0n) is 10.2. The van der Waals surface area contributed by atoms with Gasteiger partial charge >= 0.3 is 0 Å². The summed E-state index contributed by atoms with van der Waals surface area (Å²) in [6.07, 6.45) is 3.30. The van der Waals surface area contributed by atoms with Gasteiger partial charge in [0.2, 0.25) is 5.91 Å². The number of rotatable bonds is 4. The van der Waals surface area contributed by atoms with E-state index in [1.807, 2.05) is 6.92 Å². The Labute approximate surface area is 120 Å². The van der Waals surface area contributed by atoms with E-state index in [-0.39, 0.29) is 18.4 Å². The first-order chi connectivity index (χ1) is 9.04. The third kappa shape index (κ3) is 3.94. The van der Waals surface area contributed by atoms with Gasteiger partial charge in [0.05, 0.1) is 6.04 Å². The number of nitrogens with zero attached hydrogens (tertiary/aromatic N) is 3. The minimum absolute atomic E-state index is 0.0721. The normalized spacial score (nSPS) is 12.2. The fourth-order valence-corrected chi connectivity index (χ4v) is 2.17. The van der Waals surface area contributed by atoms with Crippen LogP contribution in [-0.4, -0.2) is 20.7 Å². The maximum absolute atomic E-state index is 11.9. The number of halogens is 2. The van der Waals surface area contributed by atoms with Gasteiger partial charge in [-0.15, -0.1) is 0 Å². The van der Waals surface area contributed by atoms with Gasteiger partial charge in [0, 0.05) is 22.2 Å². The lowest BCUT2D eigenvalue weighted by Crippen LogP contribution is -2.17. The lowest BCUT2D eigenvalue weighted by atomic mass is 10.2. The highest BCUT2D eigenvalue weighted by Crippen LogP contribution is 2.23. The lowest BCUT2D eigenvalue weighted by Gasteiger charge is -2.11. The predicted molar refractivity (Wildman–Crippen MR) is 74.4 cm³/mol. The topological polar surface area (TPSA) is 59.8 Å². The molecule has 1 amide bonds. The fourth-order valence-electron chi connectivity index (χ4n) is 1.64. The number of carbonyl (C=O) groups is 1. The van der Waals surface area contributed by atoms with E-state index in [0.29, 0.717) is 15.7 Å². The summed E-state index contributed by atoms with van der Waals surface area (Å²) in [6.45, 7) is 1.89. The maximum atomic E-state index is 11.9. The summed E-state index contributed by atoms with van der Waals surface area (Å²) in [5.74, 6) is -0.138. The van der Waals surface area contributed by atoms with Gasteiger partial charge < -0.3 is 5.32 Å². The SMILES string of the molecule is C[C@H](CC(=O)Nc1cc(Cl)cc(Cl)c1)n1cncn1. The minimum atomic E-state index is -0.138. The summed E-state index contributed by atoms with van der Waals surface area (Å²) in [5.41, 5.74) is 0.577. The van der Waals surface area contributed by atoms with Crippen LogP contribution in [0.15, 0.2) is 30.9 Å². The summed E-state index contributed by atoms with van der Waals surface area (Å²) in [5, 5.41) is 7.69. The van der Waals surface area contributed by atoms with Crippen molar-refractivity contribution in [2.75, 3.05) is 5.32 Å². The smallest absolute Gasteiger partial charge is 0.226 e. The number of nitrogens with one attached hydrogen (secondary N) is 1. The zero-order valence-corrected chi connectivity index (χ0v) is 11.7. The molecule has 0 radical (unpaired) electrons. The third-order valence-electron chi connectivity index (χ3n) is 2.52. The molecule has 0 saturated heterocycles. The standard InChI is InChI=1S/C12H12Cl2N4O/c1-8(18-7-15-6-16-18)2-12(19)17-11-4-9(13)3-10(14)5-11/h3-8H,2H2,1H3,(H,17,19)/t8-/m1/s1. The number of benzene rings is 1. The molecule has 1 aromatic carbocycles. The monoisotopic (exact) mass is 298 g/mol. The molecule has 0 aliphatic heterocycles. The molecule has 0 saturated carbocycles. The summed E-state index contributed by atoms with van der Waals surface area (Å²) < 4.78 is 1.63.